The van der Waals surface area contributed by atoms with Crippen LogP contribution in [0.4, 0.5) is 5.69 Å². The van der Waals surface area contributed by atoms with Gasteiger partial charge in [-0.2, -0.15) is 5.10 Å². The van der Waals surface area contributed by atoms with E-state index in [9.17, 15) is 4.79 Å². The molecule has 1 saturated heterocycles. The predicted octanol–water partition coefficient (Wildman–Crippen LogP) is 5.27. The van der Waals surface area contributed by atoms with Crippen LogP contribution in [-0.4, -0.2) is 46.8 Å². The number of amides is 1. The first-order valence-corrected chi connectivity index (χ1v) is 11.3. The molecule has 1 aliphatic rings. The topological polar surface area (TPSA) is 41.4 Å². The fourth-order valence-corrected chi connectivity index (χ4v) is 4.58. The molecule has 0 aliphatic carbocycles. The average Bonchev–Trinajstić information content (AvgIpc) is 3.23. The normalized spacial score (nSPS) is 15.2. The van der Waals surface area contributed by atoms with Crippen molar-refractivity contribution in [3.8, 4) is 11.3 Å². The molecule has 0 N–H and O–H groups in total. The lowest BCUT2D eigenvalue weighted by atomic mass is 10.1. The molecule has 0 bridgehead atoms. The van der Waals surface area contributed by atoms with E-state index in [-0.39, 0.29) is 5.91 Å². The van der Waals surface area contributed by atoms with E-state index in [1.54, 1.807) is 0 Å². The van der Waals surface area contributed by atoms with Gasteiger partial charge in [0.25, 0.3) is 0 Å². The minimum absolute atomic E-state index is 0.0941. The Morgan fingerprint density at radius 3 is 2.25 bits per heavy atom. The van der Waals surface area contributed by atoms with Gasteiger partial charge in [0, 0.05) is 47.8 Å². The first-order valence-electron chi connectivity index (χ1n) is 10.9. The largest absolute Gasteiger partial charge is 0.368 e. The van der Waals surface area contributed by atoms with E-state index in [4.69, 9.17) is 16.7 Å². The first-order chi connectivity index (χ1) is 15.6. The third kappa shape index (κ3) is 3.84. The molecule has 0 radical (unpaired) electrons. The molecule has 0 unspecified atom stereocenters. The number of nitrogens with zero attached hydrogens (tertiary/aromatic N) is 4. The summed E-state index contributed by atoms with van der Waals surface area (Å²) < 4.78 is 1.85. The highest BCUT2D eigenvalue weighted by Crippen LogP contribution is 2.32. The van der Waals surface area contributed by atoms with Crippen molar-refractivity contribution >= 4 is 34.1 Å². The van der Waals surface area contributed by atoms with Crippen molar-refractivity contribution in [2.75, 3.05) is 31.1 Å². The Labute approximate surface area is 192 Å². The van der Waals surface area contributed by atoms with Gasteiger partial charge in [-0.15, -0.1) is 0 Å². The monoisotopic (exact) mass is 444 g/mol. The zero-order valence-corrected chi connectivity index (χ0v) is 18.7. The van der Waals surface area contributed by atoms with Crippen molar-refractivity contribution in [1.82, 2.24) is 14.7 Å². The molecule has 3 aromatic carbocycles. The summed E-state index contributed by atoms with van der Waals surface area (Å²) >= 11 is 6.30. The fourth-order valence-electron chi connectivity index (χ4n) is 4.41. The second-order valence-electron chi connectivity index (χ2n) is 8.14. The van der Waals surface area contributed by atoms with Gasteiger partial charge in [-0.25, -0.2) is 0 Å². The number of carbonyl (C=O) groups is 1. The summed E-state index contributed by atoms with van der Waals surface area (Å²) in [5, 5.41) is 6.49. The zero-order chi connectivity index (χ0) is 22.1. The molecule has 32 heavy (non-hydrogen) atoms. The average molecular weight is 445 g/mol. The van der Waals surface area contributed by atoms with Crippen LogP contribution in [-0.2, 0) is 4.79 Å². The number of benzene rings is 3. The van der Waals surface area contributed by atoms with Crippen LogP contribution >= 0.6 is 11.6 Å². The Balaban J connectivity index is 1.40. The van der Waals surface area contributed by atoms with Gasteiger partial charge >= 0.3 is 0 Å². The molecule has 5 nitrogen and oxygen atoms in total. The summed E-state index contributed by atoms with van der Waals surface area (Å²) in [7, 11) is 0. The Kier molecular flexibility index (Phi) is 5.58. The molecular weight excluding hydrogens is 420 g/mol. The molecule has 1 aliphatic heterocycles. The van der Waals surface area contributed by atoms with Gasteiger partial charge in [0.2, 0.25) is 5.91 Å². The van der Waals surface area contributed by atoms with Crippen LogP contribution in [0.15, 0.2) is 78.9 Å². The standard InChI is InChI=1S/C26H25ClN4O/c1-19(26(32)30-16-14-29(15-17-30)22-10-6-3-7-11-22)31-24-13-12-21(27)18-23(24)25(28-31)20-8-4-2-5-9-20/h2-13,18-19H,14-17H2,1H3/t19-/m1/s1. The molecule has 5 rings (SSSR count). The highest BCUT2D eigenvalue weighted by Gasteiger charge is 2.28. The van der Waals surface area contributed by atoms with E-state index in [0.717, 1.165) is 35.2 Å². The first kappa shape index (κ1) is 20.6. The van der Waals surface area contributed by atoms with Crippen LogP contribution in [0.3, 0.4) is 0 Å². The van der Waals surface area contributed by atoms with E-state index in [0.29, 0.717) is 18.1 Å². The van der Waals surface area contributed by atoms with E-state index in [1.165, 1.54) is 5.69 Å². The summed E-state index contributed by atoms with van der Waals surface area (Å²) in [5.74, 6) is 0.0941. The zero-order valence-electron chi connectivity index (χ0n) is 18.0. The number of fused-ring (bicyclic) bond motifs is 1. The molecule has 1 amide bonds. The molecule has 1 fully saturated rings. The maximum absolute atomic E-state index is 13.4. The van der Waals surface area contributed by atoms with Crippen molar-refractivity contribution in [1.29, 1.82) is 0 Å². The maximum Gasteiger partial charge on any atom is 0.247 e. The number of aromatic nitrogens is 2. The van der Waals surface area contributed by atoms with E-state index in [2.05, 4.69) is 17.0 Å². The Hall–Kier alpha value is -3.31. The van der Waals surface area contributed by atoms with Gasteiger partial charge in [-0.3, -0.25) is 9.48 Å². The number of hydrogen-bond donors (Lipinski definition) is 0. The minimum Gasteiger partial charge on any atom is -0.368 e. The summed E-state index contributed by atoms with van der Waals surface area (Å²) in [6, 6.07) is 25.7. The number of anilines is 1. The summed E-state index contributed by atoms with van der Waals surface area (Å²) in [4.78, 5) is 17.7. The van der Waals surface area contributed by atoms with Gasteiger partial charge in [-0.1, -0.05) is 60.1 Å². The number of para-hydroxylation sites is 1. The van der Waals surface area contributed by atoms with Crippen LogP contribution in [0.25, 0.3) is 22.2 Å². The predicted molar refractivity (Wildman–Crippen MR) is 130 cm³/mol. The highest BCUT2D eigenvalue weighted by molar-refractivity contribution is 6.31. The Morgan fingerprint density at radius 2 is 1.56 bits per heavy atom. The van der Waals surface area contributed by atoms with Crippen LogP contribution in [0.2, 0.25) is 5.02 Å². The maximum atomic E-state index is 13.4. The van der Waals surface area contributed by atoms with Gasteiger partial charge in [0.15, 0.2) is 0 Å². The van der Waals surface area contributed by atoms with Crippen LogP contribution in [0.5, 0.6) is 0 Å². The number of piperazine rings is 1. The molecule has 0 saturated carbocycles. The summed E-state index contributed by atoms with van der Waals surface area (Å²) in [6.45, 7) is 4.99. The molecule has 1 atom stereocenters. The quantitative estimate of drug-likeness (QED) is 0.430. The molecule has 1 aromatic heterocycles. The molecular formula is C26H25ClN4O. The summed E-state index contributed by atoms with van der Waals surface area (Å²) in [6.07, 6.45) is 0. The van der Waals surface area contributed by atoms with Crippen molar-refractivity contribution < 1.29 is 4.79 Å². The van der Waals surface area contributed by atoms with Gasteiger partial charge in [0.1, 0.15) is 11.7 Å². The SMILES string of the molecule is C[C@H](C(=O)N1CCN(c2ccccc2)CC1)n1nc(-c2ccccc2)c2cc(Cl)ccc21. The van der Waals surface area contributed by atoms with E-state index >= 15 is 0 Å². The lowest BCUT2D eigenvalue weighted by Gasteiger charge is -2.37. The van der Waals surface area contributed by atoms with Gasteiger partial charge in [0.05, 0.1) is 5.52 Å². The number of rotatable bonds is 4. The van der Waals surface area contributed by atoms with E-state index < -0.39 is 6.04 Å². The summed E-state index contributed by atoms with van der Waals surface area (Å²) in [5.41, 5.74) is 3.97. The lowest BCUT2D eigenvalue weighted by molar-refractivity contribution is -0.134. The molecule has 162 valence electrons. The highest BCUT2D eigenvalue weighted by atomic mass is 35.5. The third-order valence-corrected chi connectivity index (χ3v) is 6.39. The van der Waals surface area contributed by atoms with E-state index in [1.807, 2.05) is 83.2 Å². The lowest BCUT2D eigenvalue weighted by Crippen LogP contribution is -2.50. The Morgan fingerprint density at radius 1 is 0.906 bits per heavy atom. The Bertz CT molecular complexity index is 1230. The third-order valence-electron chi connectivity index (χ3n) is 6.15. The number of carbonyl (C=O) groups excluding carboxylic acids is 1. The van der Waals surface area contributed by atoms with Crippen LogP contribution in [0.1, 0.15) is 13.0 Å². The van der Waals surface area contributed by atoms with Crippen molar-refractivity contribution in [3.63, 3.8) is 0 Å². The smallest absolute Gasteiger partial charge is 0.247 e. The molecule has 2 heterocycles. The second-order valence-corrected chi connectivity index (χ2v) is 8.58. The fraction of sp³-hybridized carbons (Fsp3) is 0.231. The van der Waals surface area contributed by atoms with Crippen molar-refractivity contribution in [2.24, 2.45) is 0 Å². The van der Waals surface area contributed by atoms with Crippen LogP contribution in [0, 0.1) is 0 Å². The number of halogens is 1. The number of hydrogen-bond acceptors (Lipinski definition) is 3. The molecule has 4 aromatic rings. The van der Waals surface area contributed by atoms with Gasteiger partial charge in [-0.05, 0) is 37.3 Å². The molecule has 0 spiro atoms. The second kappa shape index (κ2) is 8.67. The van der Waals surface area contributed by atoms with Crippen LogP contribution < -0.4 is 4.90 Å². The van der Waals surface area contributed by atoms with Crippen molar-refractivity contribution in [3.05, 3.63) is 83.9 Å². The van der Waals surface area contributed by atoms with Gasteiger partial charge < -0.3 is 9.80 Å². The van der Waals surface area contributed by atoms with Crippen molar-refractivity contribution in [2.45, 2.75) is 13.0 Å². The molecule has 6 heteroatoms. The minimum atomic E-state index is -0.403.